The lowest BCUT2D eigenvalue weighted by atomic mass is 9.95. The maximum atomic E-state index is 13.2. The maximum Gasteiger partial charge on any atom is 0.338 e. The molecule has 0 saturated heterocycles. The van der Waals surface area contributed by atoms with Gasteiger partial charge in [0.05, 0.1) is 28.8 Å². The Morgan fingerprint density at radius 1 is 1.00 bits per heavy atom. The lowest BCUT2D eigenvalue weighted by Crippen LogP contribution is -2.29. The molecule has 2 heterocycles. The largest absolute Gasteiger partial charge is 0.489 e. The SMILES string of the molecule is CC1=C(C(=O)OC(C)C)[C@@H](c2ccc(OCc3ccccc3)cc2)n2c(nc3ccccc32)N1. The fourth-order valence-corrected chi connectivity index (χ4v) is 4.31. The number of para-hydroxylation sites is 2. The molecule has 1 aliphatic rings. The van der Waals surface area contributed by atoms with Gasteiger partial charge in [0.2, 0.25) is 5.95 Å². The molecule has 1 aliphatic heterocycles. The molecular formula is C28H27N3O3. The van der Waals surface area contributed by atoms with Crippen LogP contribution >= 0.6 is 0 Å². The number of fused-ring (bicyclic) bond motifs is 3. The van der Waals surface area contributed by atoms with Gasteiger partial charge in [-0.15, -0.1) is 0 Å². The lowest BCUT2D eigenvalue weighted by molar-refractivity contribution is -0.143. The minimum atomic E-state index is -0.377. The molecule has 34 heavy (non-hydrogen) atoms. The van der Waals surface area contributed by atoms with Gasteiger partial charge in [-0.3, -0.25) is 4.57 Å². The molecule has 3 aromatic carbocycles. The highest BCUT2D eigenvalue weighted by Gasteiger charge is 2.35. The predicted octanol–water partition coefficient (Wildman–Crippen LogP) is 5.86. The normalized spacial score (nSPS) is 15.2. The van der Waals surface area contributed by atoms with Gasteiger partial charge in [-0.1, -0.05) is 54.6 Å². The highest BCUT2D eigenvalue weighted by Crippen LogP contribution is 2.40. The molecule has 6 heteroatoms. The van der Waals surface area contributed by atoms with Crippen molar-refractivity contribution in [2.24, 2.45) is 0 Å². The van der Waals surface area contributed by atoms with Crippen LogP contribution in [-0.2, 0) is 16.1 Å². The van der Waals surface area contributed by atoms with E-state index < -0.39 is 0 Å². The second-order valence-corrected chi connectivity index (χ2v) is 8.66. The van der Waals surface area contributed by atoms with E-state index in [1.54, 1.807) is 0 Å². The minimum absolute atomic E-state index is 0.219. The zero-order chi connectivity index (χ0) is 23.7. The average Bonchev–Trinajstić information content (AvgIpc) is 3.20. The van der Waals surface area contributed by atoms with E-state index in [1.165, 1.54) is 0 Å². The number of allylic oxidation sites excluding steroid dienone is 1. The Labute approximate surface area is 198 Å². The standard InChI is InChI=1S/C28H27N3O3/c1-18(2)34-27(32)25-19(3)29-28-30-23-11-7-8-12-24(23)31(28)26(25)21-13-15-22(16-14-21)33-17-20-9-5-4-6-10-20/h4-16,18,26H,17H2,1-3H3,(H,29,30)/t26-/m1/s1. The number of hydrogen-bond acceptors (Lipinski definition) is 5. The Morgan fingerprint density at radius 2 is 1.71 bits per heavy atom. The summed E-state index contributed by atoms with van der Waals surface area (Å²) in [6, 6.07) is 25.5. The van der Waals surface area contributed by atoms with Gasteiger partial charge < -0.3 is 14.8 Å². The molecular weight excluding hydrogens is 426 g/mol. The first-order valence-electron chi connectivity index (χ1n) is 11.4. The quantitative estimate of drug-likeness (QED) is 0.371. The van der Waals surface area contributed by atoms with Gasteiger partial charge in [-0.05, 0) is 56.2 Å². The van der Waals surface area contributed by atoms with Gasteiger partial charge in [-0.2, -0.15) is 0 Å². The van der Waals surface area contributed by atoms with Gasteiger partial charge in [0.1, 0.15) is 12.4 Å². The van der Waals surface area contributed by atoms with Crippen molar-refractivity contribution in [2.75, 3.05) is 5.32 Å². The number of anilines is 1. The molecule has 5 rings (SSSR count). The van der Waals surface area contributed by atoms with Crippen LogP contribution in [0.15, 0.2) is 90.1 Å². The van der Waals surface area contributed by atoms with Crippen molar-refractivity contribution >= 4 is 23.0 Å². The van der Waals surface area contributed by atoms with Crippen LogP contribution in [0.5, 0.6) is 5.75 Å². The molecule has 0 fully saturated rings. The van der Waals surface area contributed by atoms with Crippen LogP contribution in [-0.4, -0.2) is 21.6 Å². The topological polar surface area (TPSA) is 65.4 Å². The van der Waals surface area contributed by atoms with E-state index in [2.05, 4.69) is 9.88 Å². The molecule has 1 N–H and O–H groups in total. The second kappa shape index (κ2) is 9.06. The van der Waals surface area contributed by atoms with E-state index in [4.69, 9.17) is 14.5 Å². The molecule has 6 nitrogen and oxygen atoms in total. The summed E-state index contributed by atoms with van der Waals surface area (Å²) in [6.45, 7) is 6.10. The molecule has 0 radical (unpaired) electrons. The van der Waals surface area contributed by atoms with E-state index in [9.17, 15) is 4.79 Å². The third kappa shape index (κ3) is 4.15. The zero-order valence-electron chi connectivity index (χ0n) is 19.5. The third-order valence-corrected chi connectivity index (χ3v) is 5.84. The summed E-state index contributed by atoms with van der Waals surface area (Å²) in [6.07, 6.45) is -0.219. The molecule has 0 spiro atoms. The zero-order valence-corrected chi connectivity index (χ0v) is 19.5. The summed E-state index contributed by atoms with van der Waals surface area (Å²) in [7, 11) is 0. The highest BCUT2D eigenvalue weighted by molar-refractivity contribution is 5.94. The van der Waals surface area contributed by atoms with Crippen LogP contribution in [0.4, 0.5) is 5.95 Å². The number of rotatable bonds is 6. The first-order valence-corrected chi connectivity index (χ1v) is 11.4. The first-order chi connectivity index (χ1) is 16.5. The number of nitrogens with zero attached hydrogens (tertiary/aromatic N) is 2. The monoisotopic (exact) mass is 453 g/mol. The van der Waals surface area contributed by atoms with Crippen LogP contribution in [0.2, 0.25) is 0 Å². The molecule has 1 aromatic heterocycles. The number of ether oxygens (including phenoxy) is 2. The fourth-order valence-electron chi connectivity index (χ4n) is 4.31. The van der Waals surface area contributed by atoms with Gasteiger partial charge in [0, 0.05) is 5.70 Å². The van der Waals surface area contributed by atoms with Gasteiger partial charge in [0.25, 0.3) is 0 Å². The predicted molar refractivity (Wildman–Crippen MR) is 133 cm³/mol. The molecule has 172 valence electrons. The number of nitrogens with one attached hydrogen (secondary N) is 1. The summed E-state index contributed by atoms with van der Waals surface area (Å²) in [5.41, 5.74) is 5.18. The van der Waals surface area contributed by atoms with Crippen molar-refractivity contribution in [2.45, 2.75) is 39.5 Å². The van der Waals surface area contributed by atoms with Crippen molar-refractivity contribution in [3.63, 3.8) is 0 Å². The number of hydrogen-bond donors (Lipinski definition) is 1. The lowest BCUT2D eigenvalue weighted by Gasteiger charge is -2.30. The molecule has 0 aliphatic carbocycles. The van der Waals surface area contributed by atoms with Crippen LogP contribution in [0.3, 0.4) is 0 Å². The molecule has 0 unspecified atom stereocenters. The Hall–Kier alpha value is -4.06. The van der Waals surface area contributed by atoms with Crippen molar-refractivity contribution in [3.8, 4) is 5.75 Å². The number of aromatic nitrogens is 2. The van der Waals surface area contributed by atoms with Gasteiger partial charge in [0.15, 0.2) is 0 Å². The minimum Gasteiger partial charge on any atom is -0.489 e. The summed E-state index contributed by atoms with van der Waals surface area (Å²) >= 11 is 0. The molecule has 0 saturated carbocycles. The fraction of sp³-hybridized carbons (Fsp3) is 0.214. The summed E-state index contributed by atoms with van der Waals surface area (Å²) in [5, 5.41) is 3.31. The van der Waals surface area contributed by atoms with E-state index in [-0.39, 0.29) is 18.1 Å². The third-order valence-electron chi connectivity index (χ3n) is 5.84. The van der Waals surface area contributed by atoms with Gasteiger partial charge >= 0.3 is 5.97 Å². The van der Waals surface area contributed by atoms with Crippen molar-refractivity contribution in [1.29, 1.82) is 0 Å². The van der Waals surface area contributed by atoms with Crippen LogP contribution < -0.4 is 10.1 Å². The summed E-state index contributed by atoms with van der Waals surface area (Å²) in [5.74, 6) is 1.14. The highest BCUT2D eigenvalue weighted by atomic mass is 16.5. The van der Waals surface area contributed by atoms with E-state index in [0.29, 0.717) is 18.1 Å². The number of carbonyl (C=O) groups is 1. The molecule has 1 atom stereocenters. The van der Waals surface area contributed by atoms with Gasteiger partial charge in [-0.25, -0.2) is 9.78 Å². The first kappa shape index (κ1) is 21.8. The Bertz CT molecular complexity index is 1350. The smallest absolute Gasteiger partial charge is 0.338 e. The van der Waals surface area contributed by atoms with E-state index >= 15 is 0 Å². The van der Waals surface area contributed by atoms with Crippen molar-refractivity contribution in [1.82, 2.24) is 9.55 Å². The molecule has 0 amide bonds. The molecule has 0 bridgehead atoms. The van der Waals surface area contributed by atoms with Crippen molar-refractivity contribution < 1.29 is 14.3 Å². The van der Waals surface area contributed by atoms with Crippen molar-refractivity contribution in [3.05, 3.63) is 101 Å². The van der Waals surface area contributed by atoms with Crippen LogP contribution in [0.25, 0.3) is 11.0 Å². The van der Waals surface area contributed by atoms with Crippen LogP contribution in [0.1, 0.15) is 37.9 Å². The maximum absolute atomic E-state index is 13.2. The summed E-state index contributed by atoms with van der Waals surface area (Å²) < 4.78 is 13.7. The average molecular weight is 454 g/mol. The Kier molecular flexibility index (Phi) is 5.80. The Balaban J connectivity index is 1.53. The second-order valence-electron chi connectivity index (χ2n) is 8.66. The summed E-state index contributed by atoms with van der Waals surface area (Å²) in [4.78, 5) is 18.0. The number of esters is 1. The molecule has 4 aromatic rings. The number of benzene rings is 3. The Morgan fingerprint density at radius 3 is 2.44 bits per heavy atom. The van der Waals surface area contributed by atoms with E-state index in [0.717, 1.165) is 33.6 Å². The van der Waals surface area contributed by atoms with E-state index in [1.807, 2.05) is 99.6 Å². The van der Waals surface area contributed by atoms with Crippen LogP contribution in [0, 0.1) is 0 Å². The number of carbonyl (C=O) groups excluding carboxylic acids is 1. The number of imidazole rings is 1.